The van der Waals surface area contributed by atoms with Crippen LogP contribution in [0.4, 0.5) is 0 Å². The molecule has 0 atom stereocenters. The van der Waals surface area contributed by atoms with Crippen molar-refractivity contribution in [2.45, 2.75) is 13.3 Å². The van der Waals surface area contributed by atoms with E-state index in [1.807, 2.05) is 36.4 Å². The highest BCUT2D eigenvalue weighted by Gasteiger charge is 2.10. The number of carbonyl (C=O) groups is 1. The van der Waals surface area contributed by atoms with E-state index in [0.717, 1.165) is 17.7 Å². The lowest BCUT2D eigenvalue weighted by atomic mass is 10.1. The summed E-state index contributed by atoms with van der Waals surface area (Å²) in [6.45, 7) is 2.67. The molecule has 0 saturated carbocycles. The van der Waals surface area contributed by atoms with Crippen LogP contribution in [0.2, 0.25) is 0 Å². The maximum atomic E-state index is 12.2. The van der Waals surface area contributed by atoms with Gasteiger partial charge >= 0.3 is 0 Å². The number of aromatic amines is 1. The molecule has 1 heterocycles. The summed E-state index contributed by atoms with van der Waals surface area (Å²) in [5, 5.41) is 9.92. The van der Waals surface area contributed by atoms with Crippen molar-refractivity contribution in [1.82, 2.24) is 15.5 Å². The van der Waals surface area contributed by atoms with Gasteiger partial charge in [-0.2, -0.15) is 5.10 Å². The largest absolute Gasteiger partial charge is 0.350 e. The van der Waals surface area contributed by atoms with Crippen LogP contribution >= 0.6 is 0 Å². The molecule has 0 bridgehead atoms. The molecule has 0 aliphatic heterocycles. The maximum Gasteiger partial charge on any atom is 0.269 e. The Bertz CT molecular complexity index is 793. The zero-order valence-electron chi connectivity index (χ0n) is 13.0. The Morgan fingerprint density at radius 3 is 2.70 bits per heavy atom. The van der Waals surface area contributed by atoms with Crippen LogP contribution < -0.4 is 5.32 Å². The van der Waals surface area contributed by atoms with Crippen molar-refractivity contribution in [3.63, 3.8) is 0 Å². The molecule has 2 N–H and O–H groups in total. The van der Waals surface area contributed by atoms with E-state index in [9.17, 15) is 4.79 Å². The van der Waals surface area contributed by atoms with E-state index in [4.69, 9.17) is 0 Å². The fourth-order valence-electron chi connectivity index (χ4n) is 2.48. The van der Waals surface area contributed by atoms with E-state index < -0.39 is 0 Å². The van der Waals surface area contributed by atoms with Gasteiger partial charge in [0.05, 0.1) is 5.69 Å². The number of rotatable bonds is 5. The summed E-state index contributed by atoms with van der Waals surface area (Å²) in [4.78, 5) is 12.2. The third-order valence-corrected chi connectivity index (χ3v) is 3.67. The summed E-state index contributed by atoms with van der Waals surface area (Å²) in [6, 6.07) is 19.9. The number of carbonyl (C=O) groups excluding carboxylic acids is 1. The Kier molecular flexibility index (Phi) is 4.52. The van der Waals surface area contributed by atoms with E-state index in [1.165, 1.54) is 11.1 Å². The van der Waals surface area contributed by atoms with Crippen molar-refractivity contribution >= 4 is 5.91 Å². The lowest BCUT2D eigenvalue weighted by Crippen LogP contribution is -2.26. The van der Waals surface area contributed by atoms with Crippen LogP contribution in [-0.4, -0.2) is 22.6 Å². The molecule has 0 aliphatic rings. The van der Waals surface area contributed by atoms with Crippen LogP contribution in [0.25, 0.3) is 11.3 Å². The zero-order valence-corrected chi connectivity index (χ0v) is 13.0. The number of benzene rings is 2. The summed E-state index contributed by atoms with van der Waals surface area (Å²) >= 11 is 0. The third-order valence-electron chi connectivity index (χ3n) is 3.67. The normalized spacial score (nSPS) is 10.5. The molecule has 0 aliphatic carbocycles. The van der Waals surface area contributed by atoms with Gasteiger partial charge in [0.1, 0.15) is 5.69 Å². The minimum atomic E-state index is -0.132. The predicted molar refractivity (Wildman–Crippen MR) is 91.2 cm³/mol. The summed E-state index contributed by atoms with van der Waals surface area (Å²) in [5.41, 5.74) is 4.69. The summed E-state index contributed by atoms with van der Waals surface area (Å²) < 4.78 is 0. The lowest BCUT2D eigenvalue weighted by molar-refractivity contribution is 0.0949. The van der Waals surface area contributed by atoms with Gasteiger partial charge in [-0.3, -0.25) is 9.89 Å². The molecule has 0 radical (unpaired) electrons. The highest BCUT2D eigenvalue weighted by atomic mass is 16.1. The smallest absolute Gasteiger partial charge is 0.269 e. The Balaban J connectivity index is 1.58. The SMILES string of the molecule is Cc1cccc(CCNC(=O)c2cc(-c3ccccc3)n[nH]2)c1. The molecule has 0 saturated heterocycles. The van der Waals surface area contributed by atoms with E-state index in [-0.39, 0.29) is 5.91 Å². The van der Waals surface area contributed by atoms with Crippen LogP contribution in [0.5, 0.6) is 0 Å². The van der Waals surface area contributed by atoms with Crippen LogP contribution in [0, 0.1) is 6.92 Å². The standard InChI is InChI=1S/C19H19N3O/c1-14-6-5-7-15(12-14)10-11-20-19(23)18-13-17(21-22-18)16-8-3-2-4-9-16/h2-9,12-13H,10-11H2,1H3,(H,20,23)(H,21,22). The van der Waals surface area contributed by atoms with E-state index in [0.29, 0.717) is 12.2 Å². The molecular formula is C19H19N3O. The first-order valence-corrected chi connectivity index (χ1v) is 7.67. The van der Waals surface area contributed by atoms with Gasteiger partial charge in [-0.15, -0.1) is 0 Å². The third kappa shape index (κ3) is 3.86. The minimum absolute atomic E-state index is 0.132. The van der Waals surface area contributed by atoms with Crippen molar-refractivity contribution in [2.24, 2.45) is 0 Å². The second-order valence-corrected chi connectivity index (χ2v) is 5.53. The van der Waals surface area contributed by atoms with Crippen LogP contribution in [-0.2, 0) is 6.42 Å². The average molecular weight is 305 g/mol. The topological polar surface area (TPSA) is 57.8 Å². The van der Waals surface area contributed by atoms with Crippen molar-refractivity contribution in [2.75, 3.05) is 6.54 Å². The highest BCUT2D eigenvalue weighted by Crippen LogP contribution is 2.16. The maximum absolute atomic E-state index is 12.2. The Morgan fingerprint density at radius 2 is 1.91 bits per heavy atom. The van der Waals surface area contributed by atoms with E-state index >= 15 is 0 Å². The quantitative estimate of drug-likeness (QED) is 0.759. The number of aryl methyl sites for hydroxylation is 1. The second-order valence-electron chi connectivity index (χ2n) is 5.53. The van der Waals surface area contributed by atoms with Gasteiger partial charge in [-0.1, -0.05) is 60.2 Å². The van der Waals surface area contributed by atoms with Crippen molar-refractivity contribution in [3.8, 4) is 11.3 Å². The van der Waals surface area contributed by atoms with Crippen LogP contribution in [0.1, 0.15) is 21.6 Å². The molecule has 1 amide bonds. The monoisotopic (exact) mass is 305 g/mol. The number of nitrogens with one attached hydrogen (secondary N) is 2. The molecule has 0 unspecified atom stereocenters. The average Bonchev–Trinajstić information content (AvgIpc) is 3.06. The van der Waals surface area contributed by atoms with Gasteiger partial charge in [-0.05, 0) is 25.0 Å². The van der Waals surface area contributed by atoms with Gasteiger partial charge in [0, 0.05) is 12.1 Å². The fraction of sp³-hybridized carbons (Fsp3) is 0.158. The second kappa shape index (κ2) is 6.92. The van der Waals surface area contributed by atoms with Gasteiger partial charge < -0.3 is 5.32 Å². The number of aromatic nitrogens is 2. The van der Waals surface area contributed by atoms with Crippen molar-refractivity contribution in [3.05, 3.63) is 77.5 Å². The predicted octanol–water partition coefficient (Wildman–Crippen LogP) is 3.36. The number of hydrogen-bond donors (Lipinski definition) is 2. The van der Waals surface area contributed by atoms with Crippen molar-refractivity contribution in [1.29, 1.82) is 0 Å². The number of H-pyrrole nitrogens is 1. The van der Waals surface area contributed by atoms with E-state index in [2.05, 4.69) is 40.6 Å². The molecule has 0 spiro atoms. The molecule has 23 heavy (non-hydrogen) atoms. The molecule has 3 aromatic rings. The van der Waals surface area contributed by atoms with Gasteiger partial charge in [0.2, 0.25) is 0 Å². The van der Waals surface area contributed by atoms with Crippen molar-refractivity contribution < 1.29 is 4.79 Å². The molecular weight excluding hydrogens is 286 g/mol. The summed E-state index contributed by atoms with van der Waals surface area (Å²) in [6.07, 6.45) is 0.813. The molecule has 116 valence electrons. The summed E-state index contributed by atoms with van der Waals surface area (Å²) in [7, 11) is 0. The number of hydrogen-bond acceptors (Lipinski definition) is 2. The fourth-order valence-corrected chi connectivity index (χ4v) is 2.48. The number of nitrogens with zero attached hydrogens (tertiary/aromatic N) is 1. The van der Waals surface area contributed by atoms with Crippen LogP contribution in [0.15, 0.2) is 60.7 Å². The molecule has 3 rings (SSSR count). The Hall–Kier alpha value is -2.88. The first-order chi connectivity index (χ1) is 11.2. The molecule has 4 nitrogen and oxygen atoms in total. The molecule has 4 heteroatoms. The van der Waals surface area contributed by atoms with Gasteiger partial charge in [0.25, 0.3) is 5.91 Å². The zero-order chi connectivity index (χ0) is 16.1. The Morgan fingerprint density at radius 1 is 1.09 bits per heavy atom. The lowest BCUT2D eigenvalue weighted by Gasteiger charge is -2.04. The van der Waals surface area contributed by atoms with Crippen LogP contribution in [0.3, 0.4) is 0 Å². The van der Waals surface area contributed by atoms with Gasteiger partial charge in [0.15, 0.2) is 0 Å². The molecule has 1 aromatic heterocycles. The van der Waals surface area contributed by atoms with E-state index in [1.54, 1.807) is 6.07 Å². The number of amides is 1. The molecule has 0 fully saturated rings. The summed E-state index contributed by atoms with van der Waals surface area (Å²) in [5.74, 6) is -0.132. The van der Waals surface area contributed by atoms with Gasteiger partial charge in [-0.25, -0.2) is 0 Å². The first-order valence-electron chi connectivity index (χ1n) is 7.67. The Labute approximate surface area is 135 Å². The minimum Gasteiger partial charge on any atom is -0.350 e. The molecule has 2 aromatic carbocycles. The first kappa shape index (κ1) is 15.0. The highest BCUT2D eigenvalue weighted by molar-refractivity contribution is 5.93.